The molecule has 0 unspecified atom stereocenters. The first kappa shape index (κ1) is 21.7. The number of aromatic nitrogens is 1. The van der Waals surface area contributed by atoms with Gasteiger partial charge in [-0.25, -0.2) is 8.42 Å². The molecule has 1 aromatic heterocycles. The number of aryl methyl sites for hydroxylation is 1. The van der Waals surface area contributed by atoms with Gasteiger partial charge in [-0.2, -0.15) is 0 Å². The second-order valence-corrected chi connectivity index (χ2v) is 10.3. The highest BCUT2D eigenvalue weighted by Crippen LogP contribution is 2.39. The molecule has 7 nitrogen and oxygen atoms in total. The Balaban J connectivity index is 1.44. The van der Waals surface area contributed by atoms with Crippen molar-refractivity contribution in [3.8, 4) is 11.5 Å². The summed E-state index contributed by atoms with van der Waals surface area (Å²) in [6, 6.07) is 16.4. The van der Waals surface area contributed by atoms with E-state index in [2.05, 4.69) is 16.0 Å². The lowest BCUT2D eigenvalue weighted by atomic mass is 10.0. The first-order valence-corrected chi connectivity index (χ1v) is 12.6. The van der Waals surface area contributed by atoms with Crippen molar-refractivity contribution in [2.45, 2.75) is 37.2 Å². The number of nitrogens with zero attached hydrogens (tertiary/aromatic N) is 3. The molecule has 3 heterocycles. The van der Waals surface area contributed by atoms with E-state index in [0.29, 0.717) is 22.1 Å². The molecule has 1 fully saturated rings. The van der Waals surface area contributed by atoms with Crippen LogP contribution < -0.4 is 13.8 Å². The van der Waals surface area contributed by atoms with Gasteiger partial charge in [-0.05, 0) is 55.2 Å². The van der Waals surface area contributed by atoms with Crippen LogP contribution in [0.15, 0.2) is 71.9 Å². The van der Waals surface area contributed by atoms with Crippen LogP contribution in [0.2, 0.25) is 0 Å². The van der Waals surface area contributed by atoms with E-state index in [0.717, 1.165) is 43.6 Å². The van der Waals surface area contributed by atoms with Crippen molar-refractivity contribution in [2.75, 3.05) is 24.2 Å². The summed E-state index contributed by atoms with van der Waals surface area (Å²) in [5, 5.41) is 0. The molecular formula is C25H27N3O4S. The van der Waals surface area contributed by atoms with E-state index < -0.39 is 10.0 Å². The molecule has 0 aliphatic carbocycles. The Labute approximate surface area is 194 Å². The number of rotatable bonds is 6. The second-order valence-electron chi connectivity index (χ2n) is 8.47. The highest BCUT2D eigenvalue weighted by molar-refractivity contribution is 7.93. The summed E-state index contributed by atoms with van der Waals surface area (Å²) in [5.41, 5.74) is 2.50. The molecule has 0 N–H and O–H groups in total. The van der Waals surface area contributed by atoms with E-state index in [4.69, 9.17) is 9.47 Å². The molecule has 5 rings (SSSR count). The number of likely N-dealkylation sites (tertiary alicyclic amines) is 1. The van der Waals surface area contributed by atoms with Gasteiger partial charge in [0, 0.05) is 44.1 Å². The van der Waals surface area contributed by atoms with Crippen molar-refractivity contribution in [1.29, 1.82) is 0 Å². The zero-order chi connectivity index (χ0) is 22.8. The summed E-state index contributed by atoms with van der Waals surface area (Å²) in [7, 11) is -3.77. The zero-order valence-electron chi connectivity index (χ0n) is 18.6. The molecule has 0 amide bonds. The lowest BCUT2D eigenvalue weighted by molar-refractivity contribution is 0.174. The van der Waals surface area contributed by atoms with Gasteiger partial charge in [-0.1, -0.05) is 24.3 Å². The lowest BCUT2D eigenvalue weighted by Crippen LogP contribution is -2.47. The number of piperidine rings is 1. The number of anilines is 1. The van der Waals surface area contributed by atoms with Crippen molar-refractivity contribution in [2.24, 2.45) is 0 Å². The number of pyridine rings is 1. The third kappa shape index (κ3) is 4.41. The van der Waals surface area contributed by atoms with E-state index >= 15 is 0 Å². The van der Waals surface area contributed by atoms with Gasteiger partial charge in [0.05, 0.1) is 10.6 Å². The number of hydrogen-bond acceptors (Lipinski definition) is 6. The standard InChI is InChI=1S/C25H27N3O4S/c1-19-5-2-3-7-25(19)33(29,30)28(22-8-9-23-24(15-22)32-18-31-23)21-10-13-27(14-11-21)17-20-6-4-12-26-16-20/h2-9,12,15-16,21H,10-11,13-14,17-18H2,1H3. The van der Waals surface area contributed by atoms with Crippen molar-refractivity contribution in [1.82, 2.24) is 9.88 Å². The molecular weight excluding hydrogens is 438 g/mol. The number of hydrogen-bond donors (Lipinski definition) is 0. The normalized spacial score (nSPS) is 16.6. The first-order valence-electron chi connectivity index (χ1n) is 11.1. The molecule has 1 saturated heterocycles. The van der Waals surface area contributed by atoms with Gasteiger partial charge < -0.3 is 9.47 Å². The topological polar surface area (TPSA) is 72.0 Å². The monoisotopic (exact) mass is 465 g/mol. The first-order chi connectivity index (χ1) is 16.0. The molecule has 2 aliphatic heterocycles. The van der Waals surface area contributed by atoms with Crippen LogP contribution in [0.3, 0.4) is 0 Å². The van der Waals surface area contributed by atoms with Crippen LogP contribution in [0.1, 0.15) is 24.0 Å². The summed E-state index contributed by atoms with van der Waals surface area (Å²) in [6.45, 7) is 4.42. The third-order valence-electron chi connectivity index (χ3n) is 6.26. The van der Waals surface area contributed by atoms with Crippen LogP contribution in [0.5, 0.6) is 11.5 Å². The molecule has 0 bridgehead atoms. The molecule has 2 aliphatic rings. The van der Waals surface area contributed by atoms with Gasteiger partial charge in [0.1, 0.15) is 0 Å². The Hall–Kier alpha value is -3.10. The van der Waals surface area contributed by atoms with E-state index in [1.54, 1.807) is 34.8 Å². The Morgan fingerprint density at radius 3 is 2.58 bits per heavy atom. The van der Waals surface area contributed by atoms with Crippen LogP contribution in [-0.2, 0) is 16.6 Å². The summed E-state index contributed by atoms with van der Waals surface area (Å²) in [6.07, 6.45) is 5.13. The van der Waals surface area contributed by atoms with Crippen molar-refractivity contribution >= 4 is 15.7 Å². The van der Waals surface area contributed by atoms with Gasteiger partial charge in [-0.3, -0.25) is 14.2 Å². The smallest absolute Gasteiger partial charge is 0.264 e. The zero-order valence-corrected chi connectivity index (χ0v) is 19.4. The van der Waals surface area contributed by atoms with Crippen LogP contribution in [0.4, 0.5) is 5.69 Å². The van der Waals surface area contributed by atoms with Gasteiger partial charge in [0.15, 0.2) is 11.5 Å². The summed E-state index contributed by atoms with van der Waals surface area (Å²) in [4.78, 5) is 6.89. The average Bonchev–Trinajstić information content (AvgIpc) is 3.29. The molecule has 0 atom stereocenters. The fourth-order valence-corrected chi connectivity index (χ4v) is 6.51. The van der Waals surface area contributed by atoms with Gasteiger partial charge in [0.25, 0.3) is 10.0 Å². The minimum Gasteiger partial charge on any atom is -0.454 e. The fourth-order valence-electron chi connectivity index (χ4n) is 4.58. The summed E-state index contributed by atoms with van der Waals surface area (Å²) < 4.78 is 40.5. The Morgan fingerprint density at radius 2 is 1.82 bits per heavy atom. The summed E-state index contributed by atoms with van der Waals surface area (Å²) >= 11 is 0. The molecule has 8 heteroatoms. The third-order valence-corrected chi connectivity index (χ3v) is 8.30. The molecule has 0 saturated carbocycles. The van der Waals surface area contributed by atoms with Crippen LogP contribution in [0, 0.1) is 6.92 Å². The van der Waals surface area contributed by atoms with Crippen LogP contribution >= 0.6 is 0 Å². The maximum atomic E-state index is 14.0. The highest BCUT2D eigenvalue weighted by Gasteiger charge is 2.35. The van der Waals surface area contributed by atoms with Crippen molar-refractivity contribution in [3.05, 3.63) is 78.1 Å². The van der Waals surface area contributed by atoms with Gasteiger partial charge >= 0.3 is 0 Å². The molecule has 3 aromatic rings. The number of ether oxygens (including phenoxy) is 2. The van der Waals surface area contributed by atoms with Crippen molar-refractivity contribution < 1.29 is 17.9 Å². The van der Waals surface area contributed by atoms with E-state index in [1.807, 2.05) is 37.4 Å². The highest BCUT2D eigenvalue weighted by atomic mass is 32.2. The second kappa shape index (κ2) is 9.03. The number of benzene rings is 2. The minimum atomic E-state index is -3.77. The maximum Gasteiger partial charge on any atom is 0.264 e. The predicted octanol–water partition coefficient (Wildman–Crippen LogP) is 3.98. The summed E-state index contributed by atoms with van der Waals surface area (Å²) in [5.74, 6) is 1.21. The Kier molecular flexibility index (Phi) is 5.95. The molecule has 0 radical (unpaired) electrons. The van der Waals surface area contributed by atoms with Gasteiger partial charge in [0.2, 0.25) is 6.79 Å². The SMILES string of the molecule is Cc1ccccc1S(=O)(=O)N(c1ccc2c(c1)OCO2)C1CCN(Cc2cccnc2)CC1. The Morgan fingerprint density at radius 1 is 1.03 bits per heavy atom. The molecule has 172 valence electrons. The van der Waals surface area contributed by atoms with Crippen LogP contribution in [0.25, 0.3) is 0 Å². The Bertz CT molecular complexity index is 1230. The van der Waals surface area contributed by atoms with Crippen LogP contribution in [-0.4, -0.2) is 44.2 Å². The van der Waals surface area contributed by atoms with E-state index in [-0.39, 0.29) is 12.8 Å². The van der Waals surface area contributed by atoms with Crippen molar-refractivity contribution in [3.63, 3.8) is 0 Å². The predicted molar refractivity (Wildman–Crippen MR) is 126 cm³/mol. The largest absolute Gasteiger partial charge is 0.454 e. The maximum absolute atomic E-state index is 14.0. The lowest BCUT2D eigenvalue weighted by Gasteiger charge is -2.39. The molecule has 0 spiro atoms. The fraction of sp³-hybridized carbons (Fsp3) is 0.320. The quantitative estimate of drug-likeness (QED) is 0.548. The van der Waals surface area contributed by atoms with Gasteiger partial charge in [-0.15, -0.1) is 0 Å². The number of sulfonamides is 1. The van der Waals surface area contributed by atoms with E-state index in [9.17, 15) is 8.42 Å². The number of fused-ring (bicyclic) bond motifs is 1. The minimum absolute atomic E-state index is 0.149. The average molecular weight is 466 g/mol. The van der Waals surface area contributed by atoms with E-state index in [1.165, 1.54) is 0 Å². The molecule has 2 aromatic carbocycles. The molecule has 33 heavy (non-hydrogen) atoms.